The van der Waals surface area contributed by atoms with E-state index < -0.39 is 0 Å². The number of nitrogens with two attached hydrogens (primary N) is 1. The minimum Gasteiger partial charge on any atom is -0.384 e. The lowest BCUT2D eigenvalue weighted by molar-refractivity contribution is 0.0954. The van der Waals surface area contributed by atoms with Crippen LogP contribution in [0.5, 0.6) is 0 Å². The van der Waals surface area contributed by atoms with Crippen LogP contribution in [0, 0.1) is 0 Å². The quantitative estimate of drug-likeness (QED) is 0.855. The molecule has 1 aromatic heterocycles. The molecule has 0 unspecified atom stereocenters. The molecule has 4 nitrogen and oxygen atoms in total. The highest BCUT2D eigenvalue weighted by Crippen LogP contribution is 2.02. The summed E-state index contributed by atoms with van der Waals surface area (Å²) in [5, 5.41) is 2.85. The summed E-state index contributed by atoms with van der Waals surface area (Å²) in [6, 6.07) is 13.3. The van der Waals surface area contributed by atoms with E-state index in [4.69, 9.17) is 5.73 Å². The normalized spacial score (nSPS) is 10.0. The van der Waals surface area contributed by atoms with Gasteiger partial charge in [-0.2, -0.15) is 0 Å². The third-order valence-corrected chi connectivity index (χ3v) is 2.59. The maximum absolute atomic E-state index is 11.8. The fourth-order valence-electron chi connectivity index (χ4n) is 1.61. The summed E-state index contributed by atoms with van der Waals surface area (Å²) >= 11 is 0. The summed E-state index contributed by atoms with van der Waals surface area (Å²) in [5.41, 5.74) is 7.19. The van der Waals surface area contributed by atoms with Crippen molar-refractivity contribution in [3.05, 3.63) is 59.8 Å². The van der Waals surface area contributed by atoms with Crippen LogP contribution in [0.25, 0.3) is 0 Å². The van der Waals surface area contributed by atoms with E-state index in [1.807, 2.05) is 30.3 Å². The van der Waals surface area contributed by atoms with Gasteiger partial charge >= 0.3 is 0 Å². The first-order valence-electron chi connectivity index (χ1n) is 5.79. The van der Waals surface area contributed by atoms with Crippen LogP contribution >= 0.6 is 0 Å². The van der Waals surface area contributed by atoms with E-state index >= 15 is 0 Å². The first-order valence-corrected chi connectivity index (χ1v) is 5.79. The van der Waals surface area contributed by atoms with Crippen molar-refractivity contribution >= 4 is 11.7 Å². The molecule has 0 fully saturated rings. The van der Waals surface area contributed by atoms with Crippen molar-refractivity contribution in [1.82, 2.24) is 10.3 Å². The molecule has 18 heavy (non-hydrogen) atoms. The third kappa shape index (κ3) is 3.31. The predicted octanol–water partition coefficient (Wildman–Crippen LogP) is 1.64. The van der Waals surface area contributed by atoms with Crippen LogP contribution in [0.3, 0.4) is 0 Å². The zero-order chi connectivity index (χ0) is 12.8. The van der Waals surface area contributed by atoms with Gasteiger partial charge in [0.15, 0.2) is 0 Å². The standard InChI is InChI=1S/C14H15N3O/c15-13-7-6-12(10-17-13)14(18)16-9-8-11-4-2-1-3-5-11/h1-7,10H,8-9H2,(H2,15,17)(H,16,18). The lowest BCUT2D eigenvalue weighted by Gasteiger charge is -2.05. The van der Waals surface area contributed by atoms with E-state index in [0.29, 0.717) is 17.9 Å². The molecule has 0 saturated carbocycles. The SMILES string of the molecule is Nc1ccc(C(=O)NCCc2ccccc2)cn1. The molecule has 0 bridgehead atoms. The van der Waals surface area contributed by atoms with Crippen molar-refractivity contribution in [3.8, 4) is 0 Å². The van der Waals surface area contributed by atoms with Crippen molar-refractivity contribution < 1.29 is 4.79 Å². The summed E-state index contributed by atoms with van der Waals surface area (Å²) in [6.45, 7) is 0.604. The Morgan fingerprint density at radius 3 is 2.61 bits per heavy atom. The van der Waals surface area contributed by atoms with Gasteiger partial charge in [-0.05, 0) is 24.1 Å². The van der Waals surface area contributed by atoms with Crippen molar-refractivity contribution in [2.75, 3.05) is 12.3 Å². The van der Waals surface area contributed by atoms with E-state index in [-0.39, 0.29) is 5.91 Å². The number of carbonyl (C=O) groups is 1. The number of nitrogen functional groups attached to an aromatic ring is 1. The number of amides is 1. The molecule has 1 amide bonds. The number of rotatable bonds is 4. The fourth-order valence-corrected chi connectivity index (χ4v) is 1.61. The Morgan fingerprint density at radius 1 is 1.17 bits per heavy atom. The molecule has 0 spiro atoms. The number of nitrogens with one attached hydrogen (secondary N) is 1. The highest BCUT2D eigenvalue weighted by Gasteiger charge is 2.04. The van der Waals surface area contributed by atoms with Gasteiger partial charge in [-0.15, -0.1) is 0 Å². The van der Waals surface area contributed by atoms with Gasteiger partial charge in [0.05, 0.1) is 5.56 Å². The van der Waals surface area contributed by atoms with Gasteiger partial charge in [-0.3, -0.25) is 4.79 Å². The van der Waals surface area contributed by atoms with E-state index in [1.54, 1.807) is 12.1 Å². The molecule has 0 aliphatic heterocycles. The Balaban J connectivity index is 1.84. The zero-order valence-electron chi connectivity index (χ0n) is 9.97. The topological polar surface area (TPSA) is 68.0 Å². The second-order valence-electron chi connectivity index (χ2n) is 3.96. The Morgan fingerprint density at radius 2 is 1.94 bits per heavy atom. The summed E-state index contributed by atoms with van der Waals surface area (Å²) in [4.78, 5) is 15.6. The summed E-state index contributed by atoms with van der Waals surface area (Å²) < 4.78 is 0. The van der Waals surface area contributed by atoms with Gasteiger partial charge in [0.25, 0.3) is 5.91 Å². The van der Waals surface area contributed by atoms with Crippen molar-refractivity contribution in [2.45, 2.75) is 6.42 Å². The number of pyridine rings is 1. The van der Waals surface area contributed by atoms with Gasteiger partial charge in [-0.1, -0.05) is 30.3 Å². The van der Waals surface area contributed by atoms with Crippen LogP contribution in [0.1, 0.15) is 15.9 Å². The molecular formula is C14H15N3O. The number of benzene rings is 1. The lowest BCUT2D eigenvalue weighted by atomic mass is 10.1. The molecule has 0 aliphatic carbocycles. The molecule has 1 aromatic carbocycles. The van der Waals surface area contributed by atoms with Gasteiger partial charge in [0.2, 0.25) is 0 Å². The Labute approximate surface area is 106 Å². The van der Waals surface area contributed by atoms with Crippen LogP contribution in [0.4, 0.5) is 5.82 Å². The first-order chi connectivity index (χ1) is 8.75. The van der Waals surface area contributed by atoms with E-state index in [2.05, 4.69) is 10.3 Å². The van der Waals surface area contributed by atoms with Crippen LogP contribution in [0.2, 0.25) is 0 Å². The Kier molecular flexibility index (Phi) is 3.91. The minimum absolute atomic E-state index is 0.126. The third-order valence-electron chi connectivity index (χ3n) is 2.59. The molecule has 2 rings (SSSR count). The molecule has 3 N–H and O–H groups in total. The summed E-state index contributed by atoms with van der Waals surface area (Å²) in [5.74, 6) is 0.286. The lowest BCUT2D eigenvalue weighted by Crippen LogP contribution is -2.25. The highest BCUT2D eigenvalue weighted by molar-refractivity contribution is 5.93. The fraction of sp³-hybridized carbons (Fsp3) is 0.143. The molecule has 92 valence electrons. The number of hydrogen-bond donors (Lipinski definition) is 2. The van der Waals surface area contributed by atoms with Crippen LogP contribution in [-0.4, -0.2) is 17.4 Å². The average molecular weight is 241 g/mol. The number of aromatic nitrogens is 1. The molecule has 4 heteroatoms. The number of nitrogens with zero attached hydrogens (tertiary/aromatic N) is 1. The minimum atomic E-state index is -0.126. The largest absolute Gasteiger partial charge is 0.384 e. The number of carbonyl (C=O) groups excluding carboxylic acids is 1. The monoisotopic (exact) mass is 241 g/mol. The number of anilines is 1. The van der Waals surface area contributed by atoms with Crippen molar-refractivity contribution in [3.63, 3.8) is 0 Å². The summed E-state index contributed by atoms with van der Waals surface area (Å²) in [7, 11) is 0. The van der Waals surface area contributed by atoms with Crippen molar-refractivity contribution in [1.29, 1.82) is 0 Å². The maximum atomic E-state index is 11.8. The Hall–Kier alpha value is -2.36. The molecule has 0 atom stereocenters. The van der Waals surface area contributed by atoms with Crippen LogP contribution in [0.15, 0.2) is 48.7 Å². The highest BCUT2D eigenvalue weighted by atomic mass is 16.1. The van der Waals surface area contributed by atoms with Crippen LogP contribution in [-0.2, 0) is 6.42 Å². The molecule has 1 heterocycles. The van der Waals surface area contributed by atoms with E-state index in [0.717, 1.165) is 6.42 Å². The van der Waals surface area contributed by atoms with Gasteiger partial charge < -0.3 is 11.1 Å². The molecule has 0 radical (unpaired) electrons. The molecular weight excluding hydrogens is 226 g/mol. The predicted molar refractivity (Wildman–Crippen MR) is 71.1 cm³/mol. The van der Waals surface area contributed by atoms with Crippen molar-refractivity contribution in [2.24, 2.45) is 0 Å². The summed E-state index contributed by atoms with van der Waals surface area (Å²) in [6.07, 6.45) is 2.29. The smallest absolute Gasteiger partial charge is 0.252 e. The van der Waals surface area contributed by atoms with E-state index in [1.165, 1.54) is 11.8 Å². The Bertz CT molecular complexity index is 508. The van der Waals surface area contributed by atoms with Crippen LogP contribution < -0.4 is 11.1 Å². The molecule has 0 aliphatic rings. The second kappa shape index (κ2) is 5.82. The second-order valence-corrected chi connectivity index (χ2v) is 3.96. The first kappa shape index (κ1) is 12.1. The van der Waals surface area contributed by atoms with E-state index in [9.17, 15) is 4.79 Å². The molecule has 0 saturated heterocycles. The van der Waals surface area contributed by atoms with Gasteiger partial charge in [0, 0.05) is 12.7 Å². The maximum Gasteiger partial charge on any atom is 0.252 e. The number of hydrogen-bond acceptors (Lipinski definition) is 3. The molecule has 2 aromatic rings. The zero-order valence-corrected chi connectivity index (χ0v) is 9.97. The average Bonchev–Trinajstić information content (AvgIpc) is 2.40. The van der Waals surface area contributed by atoms with Gasteiger partial charge in [-0.25, -0.2) is 4.98 Å². The van der Waals surface area contributed by atoms with Gasteiger partial charge in [0.1, 0.15) is 5.82 Å².